The second kappa shape index (κ2) is 15.3. The molecule has 73 heavy (non-hydrogen) atoms. The van der Waals surface area contributed by atoms with Crippen LogP contribution in [-0.2, 0) is 21.7 Å². The molecule has 4 heterocycles. The molecule has 14 rings (SSSR count). The fourth-order valence-electron chi connectivity index (χ4n) is 16.0. The minimum absolute atomic E-state index is 0.00679. The highest BCUT2D eigenvalue weighted by Crippen LogP contribution is 2.71. The van der Waals surface area contributed by atoms with Gasteiger partial charge in [0.25, 0.3) is 0 Å². The maximum Gasteiger partial charge on any atom is 0.0561 e. The van der Waals surface area contributed by atoms with E-state index in [1.54, 1.807) is 5.56 Å². The summed E-state index contributed by atoms with van der Waals surface area (Å²) in [5.74, 6) is 0.0589. The van der Waals surface area contributed by atoms with Crippen LogP contribution in [0.4, 0.5) is 39.8 Å². The third-order valence-corrected chi connectivity index (χ3v) is 20.0. The van der Waals surface area contributed by atoms with Gasteiger partial charge in [-0.3, -0.25) is 0 Å². The van der Waals surface area contributed by atoms with Crippen LogP contribution < -0.4 is 14.7 Å². The van der Waals surface area contributed by atoms with Gasteiger partial charge in [0.2, 0.25) is 0 Å². The van der Waals surface area contributed by atoms with Crippen molar-refractivity contribution >= 4 is 50.6 Å². The smallest absolute Gasteiger partial charge is 0.0561 e. The molecule has 6 aliphatic rings. The van der Waals surface area contributed by atoms with E-state index in [0.29, 0.717) is 0 Å². The summed E-state index contributed by atoms with van der Waals surface area (Å²) in [6, 6.07) is 64.9. The first-order valence-electron chi connectivity index (χ1n) is 27.7. The van der Waals surface area contributed by atoms with Crippen molar-refractivity contribution in [1.29, 1.82) is 0 Å². The van der Waals surface area contributed by atoms with Crippen molar-refractivity contribution < 1.29 is 0 Å². The number of para-hydroxylation sites is 2. The van der Waals surface area contributed by atoms with Crippen molar-refractivity contribution in [2.24, 2.45) is 0 Å². The van der Waals surface area contributed by atoms with Crippen LogP contribution >= 0.6 is 0 Å². The van der Waals surface area contributed by atoms with Gasteiger partial charge in [0.1, 0.15) is 0 Å². The quantitative estimate of drug-likeness (QED) is 0.174. The van der Waals surface area contributed by atoms with Crippen LogP contribution in [0.15, 0.2) is 164 Å². The Bertz CT molecular complexity index is 3590. The van der Waals surface area contributed by atoms with Crippen LogP contribution in [0, 0.1) is 0 Å². The van der Waals surface area contributed by atoms with Gasteiger partial charge in [-0.05, 0) is 148 Å². The number of benzene rings is 8. The molecule has 5 unspecified atom stereocenters. The molecular weight excluding hydrogens is 883 g/mol. The molecule has 2 aliphatic carbocycles. The van der Waals surface area contributed by atoms with Gasteiger partial charge in [-0.25, -0.2) is 0 Å². The summed E-state index contributed by atoms with van der Waals surface area (Å²) < 4.78 is 0. The molecule has 0 saturated heterocycles. The van der Waals surface area contributed by atoms with Crippen LogP contribution in [-0.4, -0.2) is 11.1 Å². The van der Waals surface area contributed by atoms with Crippen molar-refractivity contribution in [2.45, 2.75) is 152 Å². The lowest BCUT2D eigenvalue weighted by Gasteiger charge is -2.54. The average molecular weight is 954 g/mol. The van der Waals surface area contributed by atoms with Crippen LogP contribution in [0.3, 0.4) is 0 Å². The topological polar surface area (TPSA) is 9.72 Å². The maximum atomic E-state index is 2.94. The summed E-state index contributed by atoms with van der Waals surface area (Å²) in [7, 11) is 0. The number of hydrogen-bond acceptors (Lipinski definition) is 3. The van der Waals surface area contributed by atoms with Gasteiger partial charge in [0, 0.05) is 44.9 Å². The molecule has 3 nitrogen and oxygen atoms in total. The number of anilines is 7. The van der Waals surface area contributed by atoms with E-state index >= 15 is 0 Å². The lowest BCUT2D eigenvalue weighted by atomic mass is 9.57. The third-order valence-electron chi connectivity index (χ3n) is 20.0. The number of hydrogen-bond donors (Lipinski definition) is 0. The predicted molar refractivity (Wildman–Crippen MR) is 308 cm³/mol. The molecule has 366 valence electrons. The lowest BCUT2D eigenvalue weighted by Crippen LogP contribution is -2.57. The zero-order chi connectivity index (χ0) is 50.0. The Morgan fingerprint density at radius 2 is 1.10 bits per heavy atom. The summed E-state index contributed by atoms with van der Waals surface area (Å²) in [5, 5.41) is 2.53. The Labute approximate surface area is 434 Å². The molecule has 0 aromatic heterocycles. The normalized spacial score (nSPS) is 25.4. The number of rotatable bonds is 4. The molecule has 4 aliphatic heterocycles. The average Bonchev–Trinajstić information content (AvgIpc) is 3.77. The molecule has 8 aromatic carbocycles. The fraction of sp³-hybridized carbons (Fsp3) is 0.343. The van der Waals surface area contributed by atoms with E-state index in [4.69, 9.17) is 0 Å². The van der Waals surface area contributed by atoms with E-state index in [1.165, 1.54) is 133 Å². The van der Waals surface area contributed by atoms with Gasteiger partial charge < -0.3 is 14.7 Å². The first-order valence-corrected chi connectivity index (χ1v) is 27.7. The molecule has 3 heteroatoms. The first-order chi connectivity index (χ1) is 35.1. The summed E-state index contributed by atoms with van der Waals surface area (Å²) in [4.78, 5) is 8.54. The first kappa shape index (κ1) is 45.1. The van der Waals surface area contributed by atoms with Gasteiger partial charge in [0.15, 0.2) is 0 Å². The second-order valence-corrected chi connectivity index (χ2v) is 25.7. The predicted octanol–water partition coefficient (Wildman–Crippen LogP) is 18.9. The van der Waals surface area contributed by atoms with Crippen molar-refractivity contribution in [2.75, 3.05) is 14.7 Å². The Morgan fingerprint density at radius 1 is 0.452 bits per heavy atom. The van der Waals surface area contributed by atoms with Gasteiger partial charge in [-0.1, -0.05) is 195 Å². The van der Waals surface area contributed by atoms with Gasteiger partial charge in [0.05, 0.1) is 33.8 Å². The summed E-state index contributed by atoms with van der Waals surface area (Å²) in [6.45, 7) is 22.1. The van der Waals surface area contributed by atoms with Crippen LogP contribution in [0.2, 0.25) is 0 Å². The fourth-order valence-corrected chi connectivity index (χ4v) is 16.0. The highest BCUT2D eigenvalue weighted by Gasteiger charge is 2.63. The van der Waals surface area contributed by atoms with Gasteiger partial charge >= 0.3 is 0 Å². The van der Waals surface area contributed by atoms with E-state index in [-0.39, 0.29) is 38.7 Å². The van der Waals surface area contributed by atoms with E-state index in [1.807, 2.05) is 0 Å². The van der Waals surface area contributed by atoms with Crippen LogP contribution in [0.5, 0.6) is 0 Å². The summed E-state index contributed by atoms with van der Waals surface area (Å²) in [6.07, 6.45) is 9.54. The van der Waals surface area contributed by atoms with Crippen molar-refractivity contribution in [3.8, 4) is 11.1 Å². The SMILES string of the molecule is CC(C)(C)c1ccc(N2c3ccc(C(C)(C)C)cc3C3c4cccc5c4N(c4cc(N6c7ccccc7C7(c8ccccc8)CCCCC67C)cc2c43)C2(C)CCCCC52C)c(-c2ccc3ccccc3c2)c1. The van der Waals surface area contributed by atoms with Crippen molar-refractivity contribution in [3.05, 3.63) is 208 Å². The van der Waals surface area contributed by atoms with Gasteiger partial charge in [-0.2, -0.15) is 0 Å². The minimum Gasteiger partial charge on any atom is -0.334 e. The van der Waals surface area contributed by atoms with Crippen molar-refractivity contribution in [1.82, 2.24) is 0 Å². The van der Waals surface area contributed by atoms with Gasteiger partial charge in [-0.15, -0.1) is 0 Å². The molecule has 0 bridgehead atoms. The minimum atomic E-state index is -0.216. The zero-order valence-electron chi connectivity index (χ0n) is 44.7. The van der Waals surface area contributed by atoms with Crippen LogP contribution in [0.25, 0.3) is 21.9 Å². The highest BCUT2D eigenvalue weighted by molar-refractivity contribution is 6.02. The Balaban J connectivity index is 1.12. The maximum absolute atomic E-state index is 2.94. The molecule has 2 fully saturated rings. The van der Waals surface area contributed by atoms with Crippen molar-refractivity contribution in [3.63, 3.8) is 0 Å². The van der Waals surface area contributed by atoms with E-state index in [9.17, 15) is 0 Å². The Hall–Kier alpha value is -6.58. The number of fused-ring (bicyclic) bond motifs is 11. The number of nitrogens with zero attached hydrogens (tertiary/aromatic N) is 3. The lowest BCUT2D eigenvalue weighted by molar-refractivity contribution is 0.194. The highest BCUT2D eigenvalue weighted by atomic mass is 15.3. The molecule has 0 N–H and O–H groups in total. The van der Waals surface area contributed by atoms with E-state index in [2.05, 4.69) is 241 Å². The molecule has 5 atom stereocenters. The third kappa shape index (κ3) is 5.94. The monoisotopic (exact) mass is 954 g/mol. The Kier molecular flexibility index (Phi) is 9.42. The van der Waals surface area contributed by atoms with E-state index < -0.39 is 0 Å². The molecule has 0 spiro atoms. The second-order valence-electron chi connectivity index (χ2n) is 25.7. The molecule has 0 radical (unpaired) electrons. The molecule has 8 aromatic rings. The molecular formula is C70H71N3. The Morgan fingerprint density at radius 3 is 1.88 bits per heavy atom. The van der Waals surface area contributed by atoms with Crippen LogP contribution in [0.1, 0.15) is 164 Å². The molecule has 2 saturated carbocycles. The summed E-state index contributed by atoms with van der Waals surface area (Å²) >= 11 is 0. The largest absolute Gasteiger partial charge is 0.334 e. The summed E-state index contributed by atoms with van der Waals surface area (Å²) in [5.41, 5.74) is 22.8. The molecule has 0 amide bonds. The standard InChI is InChI=1S/C70H71N3/c1-65(2,3)49-32-34-57(53(41-49)47-31-30-45-22-13-14-23-46(45)40-47)71-58-35-33-50(66(4,5)6)42-54(58)62-52-26-21-28-56-64(52)73(68(8)37-18-17-36-67(56,68)7)61-44-51(43-60(71)63(61)62)72-59-29-16-15-27-55(59)70(48-24-11-10-12-25-48)39-20-19-38-69(70,72)9/h10-16,21-35,40-44,62H,17-20,36-39H2,1-9H3. The zero-order valence-corrected chi connectivity index (χ0v) is 44.7. The van der Waals surface area contributed by atoms with E-state index in [0.717, 1.165) is 19.3 Å².